The molecule has 0 aliphatic carbocycles. The van der Waals surface area contributed by atoms with Gasteiger partial charge in [-0.25, -0.2) is 0 Å². The molecule has 0 radical (unpaired) electrons. The van der Waals surface area contributed by atoms with Crippen molar-refractivity contribution in [3.8, 4) is 11.5 Å². The molecule has 0 bridgehead atoms. The highest BCUT2D eigenvalue weighted by Crippen LogP contribution is 2.36. The second kappa shape index (κ2) is 5.61. The number of benzene rings is 2. The molecule has 0 amide bonds. The van der Waals surface area contributed by atoms with E-state index in [4.69, 9.17) is 14.2 Å². The van der Waals surface area contributed by atoms with E-state index in [9.17, 15) is 4.79 Å². The Morgan fingerprint density at radius 3 is 2.58 bits per heavy atom. The lowest BCUT2D eigenvalue weighted by atomic mass is 10.1. The summed E-state index contributed by atoms with van der Waals surface area (Å²) >= 11 is 0. The molecule has 0 aromatic heterocycles. The number of carbonyl (C=O) groups is 1. The summed E-state index contributed by atoms with van der Waals surface area (Å²) in [5.74, 6) is 0.804. The van der Waals surface area contributed by atoms with Crippen molar-refractivity contribution in [2.75, 3.05) is 7.11 Å². The van der Waals surface area contributed by atoms with Gasteiger partial charge in [-0.1, -0.05) is 30.3 Å². The maximum atomic E-state index is 10.9. The molecule has 0 heterocycles. The summed E-state index contributed by atoms with van der Waals surface area (Å²) in [5.41, 5.74) is 0. The van der Waals surface area contributed by atoms with Crippen molar-refractivity contribution in [1.82, 2.24) is 0 Å². The zero-order valence-electron chi connectivity index (χ0n) is 11.2. The van der Waals surface area contributed by atoms with E-state index in [0.717, 1.165) is 10.8 Å². The van der Waals surface area contributed by atoms with E-state index in [1.54, 1.807) is 14.0 Å². The Bertz CT molecular complexity index is 592. The van der Waals surface area contributed by atoms with Gasteiger partial charge in [0.1, 0.15) is 0 Å². The van der Waals surface area contributed by atoms with E-state index in [1.807, 2.05) is 36.4 Å². The molecule has 2 aromatic carbocycles. The maximum Gasteiger partial charge on any atom is 0.305 e. The van der Waals surface area contributed by atoms with Gasteiger partial charge in [0.2, 0.25) is 6.29 Å². The van der Waals surface area contributed by atoms with Gasteiger partial charge in [0.25, 0.3) is 0 Å². The first-order valence-electron chi connectivity index (χ1n) is 6.01. The molecule has 2 rings (SSSR count). The quantitative estimate of drug-likeness (QED) is 0.625. The van der Waals surface area contributed by atoms with Crippen LogP contribution in [0.25, 0.3) is 10.8 Å². The van der Waals surface area contributed by atoms with Crippen molar-refractivity contribution in [3.63, 3.8) is 0 Å². The van der Waals surface area contributed by atoms with E-state index in [1.165, 1.54) is 6.92 Å². The SMILES string of the molecule is COc1ccc2ccccc2c1OC(C)OC(C)=O. The summed E-state index contributed by atoms with van der Waals surface area (Å²) in [6, 6.07) is 11.6. The topological polar surface area (TPSA) is 44.8 Å². The van der Waals surface area contributed by atoms with E-state index in [-0.39, 0.29) is 5.97 Å². The second-order valence-corrected chi connectivity index (χ2v) is 4.11. The highest BCUT2D eigenvalue weighted by molar-refractivity contribution is 5.90. The Hall–Kier alpha value is -2.23. The fourth-order valence-corrected chi connectivity index (χ4v) is 1.93. The summed E-state index contributed by atoms with van der Waals surface area (Å²) in [7, 11) is 1.58. The van der Waals surface area contributed by atoms with Crippen LogP contribution in [0.1, 0.15) is 13.8 Å². The van der Waals surface area contributed by atoms with Crippen molar-refractivity contribution >= 4 is 16.7 Å². The molecule has 4 heteroatoms. The summed E-state index contributed by atoms with van der Waals surface area (Å²) in [6.07, 6.45) is -0.669. The third-order valence-electron chi connectivity index (χ3n) is 2.68. The van der Waals surface area contributed by atoms with Gasteiger partial charge in [0.05, 0.1) is 7.11 Å². The molecular formula is C15H16O4. The fraction of sp³-hybridized carbons (Fsp3) is 0.267. The molecule has 100 valence electrons. The average molecular weight is 260 g/mol. The molecular weight excluding hydrogens is 244 g/mol. The number of hydrogen-bond acceptors (Lipinski definition) is 4. The Balaban J connectivity index is 2.41. The second-order valence-electron chi connectivity index (χ2n) is 4.11. The summed E-state index contributed by atoms with van der Waals surface area (Å²) in [4.78, 5) is 10.9. The van der Waals surface area contributed by atoms with Crippen LogP contribution in [0.4, 0.5) is 0 Å². The van der Waals surface area contributed by atoms with E-state index >= 15 is 0 Å². The molecule has 0 aliphatic heterocycles. The van der Waals surface area contributed by atoms with E-state index in [2.05, 4.69) is 0 Å². The minimum atomic E-state index is -0.669. The lowest BCUT2D eigenvalue weighted by molar-refractivity contribution is -0.158. The largest absolute Gasteiger partial charge is 0.493 e. The van der Waals surface area contributed by atoms with E-state index < -0.39 is 6.29 Å². The van der Waals surface area contributed by atoms with Crippen molar-refractivity contribution in [3.05, 3.63) is 36.4 Å². The van der Waals surface area contributed by atoms with Crippen molar-refractivity contribution < 1.29 is 19.0 Å². The number of ether oxygens (including phenoxy) is 3. The van der Waals surface area contributed by atoms with Crippen LogP contribution in [0.15, 0.2) is 36.4 Å². The predicted molar refractivity (Wildman–Crippen MR) is 72.4 cm³/mol. The summed E-state index contributed by atoms with van der Waals surface area (Å²) in [6.45, 7) is 3.02. The van der Waals surface area contributed by atoms with Gasteiger partial charge in [-0.2, -0.15) is 0 Å². The van der Waals surface area contributed by atoms with Gasteiger partial charge in [-0.15, -0.1) is 0 Å². The Kier molecular flexibility index (Phi) is 3.90. The first-order chi connectivity index (χ1) is 9.11. The maximum absolute atomic E-state index is 10.9. The van der Waals surface area contributed by atoms with Gasteiger partial charge < -0.3 is 14.2 Å². The Labute approximate surface area is 111 Å². The van der Waals surface area contributed by atoms with Crippen LogP contribution < -0.4 is 9.47 Å². The normalized spacial score (nSPS) is 11.9. The molecule has 0 aliphatic rings. The lowest BCUT2D eigenvalue weighted by Crippen LogP contribution is -2.19. The van der Waals surface area contributed by atoms with Gasteiger partial charge in [-0.3, -0.25) is 4.79 Å². The van der Waals surface area contributed by atoms with Crippen LogP contribution in [0, 0.1) is 0 Å². The lowest BCUT2D eigenvalue weighted by Gasteiger charge is -2.18. The van der Waals surface area contributed by atoms with Crippen LogP contribution >= 0.6 is 0 Å². The third-order valence-corrected chi connectivity index (χ3v) is 2.68. The summed E-state index contributed by atoms with van der Waals surface area (Å²) < 4.78 is 16.0. The molecule has 0 fully saturated rings. The van der Waals surface area contributed by atoms with Crippen LogP contribution in [0.3, 0.4) is 0 Å². The van der Waals surface area contributed by atoms with Gasteiger partial charge in [0, 0.05) is 19.2 Å². The molecule has 19 heavy (non-hydrogen) atoms. The monoisotopic (exact) mass is 260 g/mol. The van der Waals surface area contributed by atoms with Gasteiger partial charge in [0.15, 0.2) is 11.5 Å². The van der Waals surface area contributed by atoms with E-state index in [0.29, 0.717) is 11.5 Å². The summed E-state index contributed by atoms with van der Waals surface area (Å²) in [5, 5.41) is 1.95. The molecule has 0 saturated heterocycles. The number of carbonyl (C=O) groups excluding carboxylic acids is 1. The van der Waals surface area contributed by atoms with Crippen molar-refractivity contribution in [2.45, 2.75) is 20.1 Å². The highest BCUT2D eigenvalue weighted by Gasteiger charge is 2.14. The minimum Gasteiger partial charge on any atom is -0.493 e. The molecule has 0 saturated carbocycles. The number of hydrogen-bond donors (Lipinski definition) is 0. The first kappa shape index (κ1) is 13.2. The number of rotatable bonds is 4. The zero-order valence-corrected chi connectivity index (χ0v) is 11.2. The predicted octanol–water partition coefficient (Wildman–Crippen LogP) is 3.14. The average Bonchev–Trinajstić information content (AvgIpc) is 2.38. The smallest absolute Gasteiger partial charge is 0.305 e. The van der Waals surface area contributed by atoms with Crippen LogP contribution in [0.2, 0.25) is 0 Å². The minimum absolute atomic E-state index is 0.383. The van der Waals surface area contributed by atoms with Gasteiger partial charge >= 0.3 is 5.97 Å². The molecule has 4 nitrogen and oxygen atoms in total. The van der Waals surface area contributed by atoms with Crippen LogP contribution in [0.5, 0.6) is 11.5 Å². The van der Waals surface area contributed by atoms with Crippen molar-refractivity contribution in [1.29, 1.82) is 0 Å². The molecule has 1 atom stereocenters. The van der Waals surface area contributed by atoms with Crippen LogP contribution in [-0.2, 0) is 9.53 Å². The number of fused-ring (bicyclic) bond motifs is 1. The zero-order chi connectivity index (χ0) is 13.8. The molecule has 0 spiro atoms. The fourth-order valence-electron chi connectivity index (χ4n) is 1.93. The van der Waals surface area contributed by atoms with Crippen molar-refractivity contribution in [2.24, 2.45) is 0 Å². The molecule has 0 N–H and O–H groups in total. The molecule has 2 aromatic rings. The number of esters is 1. The van der Waals surface area contributed by atoms with Gasteiger partial charge in [-0.05, 0) is 11.5 Å². The first-order valence-corrected chi connectivity index (χ1v) is 6.01. The Morgan fingerprint density at radius 2 is 1.89 bits per heavy atom. The number of methoxy groups -OCH3 is 1. The standard InChI is InChI=1S/C15H16O4/c1-10(16)18-11(2)19-15-13-7-5-4-6-12(13)8-9-14(15)17-3/h4-9,11H,1-3H3. The van der Waals surface area contributed by atoms with Crippen LogP contribution in [-0.4, -0.2) is 19.4 Å². The Morgan fingerprint density at radius 1 is 1.16 bits per heavy atom. The molecule has 1 unspecified atom stereocenters. The third kappa shape index (κ3) is 2.96. The highest BCUT2D eigenvalue weighted by atomic mass is 16.7.